The van der Waals surface area contributed by atoms with Gasteiger partial charge in [-0.15, -0.1) is 0 Å². The zero-order chi connectivity index (χ0) is 15.2. The van der Waals surface area contributed by atoms with Crippen molar-refractivity contribution in [2.24, 2.45) is 5.92 Å². The summed E-state index contributed by atoms with van der Waals surface area (Å²) in [6.07, 6.45) is 3.59. The van der Waals surface area contributed by atoms with Crippen molar-refractivity contribution in [3.05, 3.63) is 23.9 Å². The number of carbonyl (C=O) groups is 1. The van der Waals surface area contributed by atoms with Crippen molar-refractivity contribution in [3.63, 3.8) is 0 Å². The Balaban J connectivity index is 1.80. The third-order valence-electron chi connectivity index (χ3n) is 4.11. The molecule has 1 aliphatic rings. The van der Waals surface area contributed by atoms with Crippen LogP contribution in [-0.2, 0) is 11.3 Å². The molecule has 2 heterocycles. The molecule has 0 unspecified atom stereocenters. The molecule has 21 heavy (non-hydrogen) atoms. The minimum atomic E-state index is 0.142. The lowest BCUT2D eigenvalue weighted by molar-refractivity contribution is -0.126. The fourth-order valence-electron chi connectivity index (χ4n) is 2.68. The lowest BCUT2D eigenvalue weighted by atomic mass is 9.95. The van der Waals surface area contributed by atoms with Crippen LogP contribution in [-0.4, -0.2) is 42.0 Å². The van der Waals surface area contributed by atoms with Crippen molar-refractivity contribution < 1.29 is 9.53 Å². The number of pyridine rings is 1. The van der Waals surface area contributed by atoms with E-state index in [9.17, 15) is 4.79 Å². The Kier molecular flexibility index (Phi) is 5.56. The Hall–Kier alpha value is -1.62. The largest absolute Gasteiger partial charge is 0.481 e. The van der Waals surface area contributed by atoms with Gasteiger partial charge in [0.05, 0.1) is 7.11 Å². The van der Waals surface area contributed by atoms with Crippen molar-refractivity contribution in [1.82, 2.24) is 15.2 Å². The van der Waals surface area contributed by atoms with Gasteiger partial charge in [-0.1, -0.05) is 0 Å². The normalized spacial score (nSPS) is 17.0. The minimum Gasteiger partial charge on any atom is -0.481 e. The van der Waals surface area contributed by atoms with E-state index < -0.39 is 0 Å². The minimum absolute atomic E-state index is 0.142. The summed E-state index contributed by atoms with van der Waals surface area (Å²) in [5.41, 5.74) is 1.01. The highest BCUT2D eigenvalue weighted by atomic mass is 16.5. The Morgan fingerprint density at radius 1 is 1.48 bits per heavy atom. The zero-order valence-electron chi connectivity index (χ0n) is 13.1. The standard InChI is InChI=1S/C16H25N3O2/c1-12(2)19-8-5-14(6-9-19)16(20)18-11-13-4-7-17-15(10-13)21-3/h4,7,10,12,14H,5-6,8-9,11H2,1-3H3,(H,18,20). The van der Waals surface area contributed by atoms with Crippen LogP contribution < -0.4 is 10.1 Å². The number of methoxy groups -OCH3 is 1. The Morgan fingerprint density at radius 2 is 2.19 bits per heavy atom. The maximum absolute atomic E-state index is 12.2. The van der Waals surface area contributed by atoms with Gasteiger partial charge in [0.1, 0.15) is 0 Å². The van der Waals surface area contributed by atoms with E-state index in [4.69, 9.17) is 4.74 Å². The molecule has 0 radical (unpaired) electrons. The van der Waals surface area contributed by atoms with Gasteiger partial charge in [-0.05, 0) is 51.4 Å². The predicted molar refractivity (Wildman–Crippen MR) is 82.1 cm³/mol. The molecule has 0 aliphatic carbocycles. The number of amides is 1. The van der Waals surface area contributed by atoms with Crippen LogP contribution in [0.25, 0.3) is 0 Å². The van der Waals surface area contributed by atoms with Gasteiger partial charge in [0.2, 0.25) is 11.8 Å². The molecular formula is C16H25N3O2. The van der Waals surface area contributed by atoms with E-state index in [-0.39, 0.29) is 11.8 Å². The summed E-state index contributed by atoms with van der Waals surface area (Å²) in [5.74, 6) is 0.880. The number of hydrogen-bond donors (Lipinski definition) is 1. The Labute approximate surface area is 126 Å². The van der Waals surface area contributed by atoms with Crippen LogP contribution >= 0.6 is 0 Å². The first-order valence-electron chi connectivity index (χ1n) is 7.61. The number of ether oxygens (including phenoxy) is 1. The number of aromatic nitrogens is 1. The molecule has 1 aromatic heterocycles. The average Bonchev–Trinajstić information content (AvgIpc) is 2.53. The Bertz CT molecular complexity index is 468. The fourth-order valence-corrected chi connectivity index (χ4v) is 2.68. The molecule has 5 nitrogen and oxygen atoms in total. The summed E-state index contributed by atoms with van der Waals surface area (Å²) in [7, 11) is 1.59. The van der Waals surface area contributed by atoms with E-state index >= 15 is 0 Å². The fraction of sp³-hybridized carbons (Fsp3) is 0.625. The monoisotopic (exact) mass is 291 g/mol. The van der Waals surface area contributed by atoms with Crippen LogP contribution in [0.5, 0.6) is 5.88 Å². The molecule has 1 saturated heterocycles. The zero-order valence-corrected chi connectivity index (χ0v) is 13.1. The van der Waals surface area contributed by atoms with Gasteiger partial charge in [0.15, 0.2) is 0 Å². The van der Waals surface area contributed by atoms with Crippen LogP contribution in [0, 0.1) is 5.92 Å². The second-order valence-electron chi connectivity index (χ2n) is 5.83. The molecule has 1 aliphatic heterocycles. The summed E-state index contributed by atoms with van der Waals surface area (Å²) in [5, 5.41) is 3.02. The van der Waals surface area contributed by atoms with Crippen molar-refractivity contribution in [3.8, 4) is 5.88 Å². The van der Waals surface area contributed by atoms with Crippen molar-refractivity contribution in [2.45, 2.75) is 39.3 Å². The van der Waals surface area contributed by atoms with Gasteiger partial charge >= 0.3 is 0 Å². The van der Waals surface area contributed by atoms with E-state index in [2.05, 4.69) is 29.0 Å². The highest BCUT2D eigenvalue weighted by molar-refractivity contribution is 5.78. The van der Waals surface area contributed by atoms with Crippen molar-refractivity contribution >= 4 is 5.91 Å². The maximum Gasteiger partial charge on any atom is 0.223 e. The van der Waals surface area contributed by atoms with Gasteiger partial charge in [0.25, 0.3) is 0 Å². The van der Waals surface area contributed by atoms with E-state index in [1.54, 1.807) is 13.3 Å². The van der Waals surface area contributed by atoms with Crippen molar-refractivity contribution in [2.75, 3.05) is 20.2 Å². The molecule has 1 N–H and O–H groups in total. The maximum atomic E-state index is 12.2. The van der Waals surface area contributed by atoms with Gasteiger partial charge in [-0.25, -0.2) is 4.98 Å². The second kappa shape index (κ2) is 7.41. The summed E-state index contributed by atoms with van der Waals surface area (Å²) < 4.78 is 5.08. The van der Waals surface area contributed by atoms with Gasteiger partial charge in [-0.3, -0.25) is 4.79 Å². The van der Waals surface area contributed by atoms with Gasteiger partial charge < -0.3 is 15.0 Å². The smallest absolute Gasteiger partial charge is 0.223 e. The number of likely N-dealkylation sites (tertiary alicyclic amines) is 1. The number of carbonyl (C=O) groups excluding carboxylic acids is 1. The summed E-state index contributed by atoms with van der Waals surface area (Å²) in [6, 6.07) is 4.31. The molecule has 2 rings (SSSR count). The van der Waals surface area contributed by atoms with Crippen LogP contribution in [0.3, 0.4) is 0 Å². The van der Waals surface area contributed by atoms with Gasteiger partial charge in [0, 0.05) is 30.8 Å². The molecule has 0 atom stereocenters. The number of piperidine rings is 1. The summed E-state index contributed by atoms with van der Waals surface area (Å²) in [4.78, 5) is 18.7. The van der Waals surface area contributed by atoms with Crippen LogP contribution in [0.1, 0.15) is 32.3 Å². The molecular weight excluding hydrogens is 266 g/mol. The van der Waals surface area contributed by atoms with E-state index in [1.165, 1.54) is 0 Å². The van der Waals surface area contributed by atoms with E-state index in [0.717, 1.165) is 31.5 Å². The highest BCUT2D eigenvalue weighted by Crippen LogP contribution is 2.19. The van der Waals surface area contributed by atoms with Crippen LogP contribution in [0.2, 0.25) is 0 Å². The topological polar surface area (TPSA) is 54.5 Å². The molecule has 0 saturated carbocycles. The van der Waals surface area contributed by atoms with E-state index in [1.807, 2.05) is 12.1 Å². The number of nitrogens with one attached hydrogen (secondary N) is 1. The Morgan fingerprint density at radius 3 is 2.81 bits per heavy atom. The first-order valence-corrected chi connectivity index (χ1v) is 7.61. The summed E-state index contributed by atoms with van der Waals surface area (Å²) in [6.45, 7) is 6.97. The van der Waals surface area contributed by atoms with Crippen LogP contribution in [0.15, 0.2) is 18.3 Å². The quantitative estimate of drug-likeness (QED) is 0.899. The molecule has 0 bridgehead atoms. The van der Waals surface area contributed by atoms with Crippen LogP contribution in [0.4, 0.5) is 0 Å². The second-order valence-corrected chi connectivity index (χ2v) is 5.83. The molecule has 0 aromatic carbocycles. The summed E-state index contributed by atoms with van der Waals surface area (Å²) >= 11 is 0. The van der Waals surface area contributed by atoms with Crippen molar-refractivity contribution in [1.29, 1.82) is 0 Å². The first-order chi connectivity index (χ1) is 10.1. The van der Waals surface area contributed by atoms with E-state index in [0.29, 0.717) is 18.5 Å². The molecule has 116 valence electrons. The lowest BCUT2D eigenvalue weighted by Crippen LogP contribution is -2.42. The molecule has 1 aromatic rings. The number of rotatable bonds is 5. The third kappa shape index (κ3) is 4.43. The number of nitrogens with zero attached hydrogens (tertiary/aromatic N) is 2. The number of hydrogen-bond acceptors (Lipinski definition) is 4. The lowest BCUT2D eigenvalue weighted by Gasteiger charge is -2.33. The molecule has 1 amide bonds. The predicted octanol–water partition coefficient (Wildman–Crippen LogP) is 1.83. The first kappa shape index (κ1) is 15.8. The molecule has 1 fully saturated rings. The molecule has 0 spiro atoms. The van der Waals surface area contributed by atoms with Gasteiger partial charge in [-0.2, -0.15) is 0 Å². The molecule has 5 heteroatoms. The third-order valence-corrected chi connectivity index (χ3v) is 4.11. The highest BCUT2D eigenvalue weighted by Gasteiger charge is 2.25. The SMILES string of the molecule is COc1cc(CNC(=O)C2CCN(C(C)C)CC2)ccn1. The average molecular weight is 291 g/mol.